The molecule has 0 aliphatic heterocycles. The molecule has 0 aliphatic rings. The Balaban J connectivity index is 2.28. The van der Waals surface area contributed by atoms with Gasteiger partial charge in [-0.1, -0.05) is 0 Å². The Hall–Kier alpha value is -1.13. The highest BCUT2D eigenvalue weighted by atomic mass is 19.1. The van der Waals surface area contributed by atoms with Gasteiger partial charge in [-0.3, -0.25) is 0 Å². The molecule has 0 saturated heterocycles. The van der Waals surface area contributed by atoms with E-state index in [-0.39, 0.29) is 11.9 Å². The minimum atomic E-state index is -0.220. The maximum atomic E-state index is 13.1. The average molecular weight is 254 g/mol. The van der Waals surface area contributed by atoms with E-state index in [1.807, 2.05) is 6.92 Å². The molecular weight excluding hydrogens is 231 g/mol. The van der Waals surface area contributed by atoms with E-state index in [1.165, 1.54) is 12.1 Å². The molecule has 1 rings (SSSR count). The second kappa shape index (κ2) is 8.06. The van der Waals surface area contributed by atoms with Crippen LogP contribution in [0.5, 0.6) is 5.75 Å². The van der Waals surface area contributed by atoms with Crippen molar-refractivity contribution in [2.45, 2.75) is 32.2 Å². The van der Waals surface area contributed by atoms with E-state index in [0.29, 0.717) is 0 Å². The van der Waals surface area contributed by atoms with Crippen LogP contribution in [-0.2, 0) is 6.42 Å². The first-order chi connectivity index (χ1) is 8.63. The lowest BCUT2D eigenvalue weighted by atomic mass is 10.1. The standard InChI is InChI=1S/C14H23FN2O/c1-11(16)4-3-8-17-9-7-12-10-13(15)5-6-14(12)18-2/h5-6,10-11,17H,3-4,7-9,16H2,1-2H3. The van der Waals surface area contributed by atoms with Crippen molar-refractivity contribution in [3.05, 3.63) is 29.6 Å². The van der Waals surface area contributed by atoms with E-state index in [2.05, 4.69) is 5.32 Å². The van der Waals surface area contributed by atoms with Crippen molar-refractivity contribution in [2.24, 2.45) is 5.73 Å². The first-order valence-electron chi connectivity index (χ1n) is 6.42. The van der Waals surface area contributed by atoms with E-state index in [1.54, 1.807) is 13.2 Å². The first-order valence-corrected chi connectivity index (χ1v) is 6.42. The zero-order chi connectivity index (χ0) is 13.4. The van der Waals surface area contributed by atoms with Gasteiger partial charge >= 0.3 is 0 Å². The Morgan fingerprint density at radius 2 is 2.17 bits per heavy atom. The second-order valence-electron chi connectivity index (χ2n) is 4.58. The van der Waals surface area contributed by atoms with E-state index in [9.17, 15) is 4.39 Å². The summed E-state index contributed by atoms with van der Waals surface area (Å²) in [6.07, 6.45) is 2.85. The van der Waals surface area contributed by atoms with Crippen molar-refractivity contribution in [3.63, 3.8) is 0 Å². The predicted molar refractivity (Wildman–Crippen MR) is 72.4 cm³/mol. The molecule has 1 unspecified atom stereocenters. The van der Waals surface area contributed by atoms with Crippen LogP contribution in [0.15, 0.2) is 18.2 Å². The third-order valence-electron chi connectivity index (χ3n) is 2.83. The summed E-state index contributed by atoms with van der Waals surface area (Å²) < 4.78 is 18.3. The van der Waals surface area contributed by atoms with Gasteiger partial charge in [0.05, 0.1) is 7.11 Å². The number of methoxy groups -OCH3 is 1. The molecule has 4 heteroatoms. The van der Waals surface area contributed by atoms with Crippen LogP contribution >= 0.6 is 0 Å². The van der Waals surface area contributed by atoms with Crippen molar-refractivity contribution in [3.8, 4) is 5.75 Å². The summed E-state index contributed by atoms with van der Waals surface area (Å²) >= 11 is 0. The molecule has 102 valence electrons. The third-order valence-corrected chi connectivity index (χ3v) is 2.83. The molecule has 1 aromatic carbocycles. The van der Waals surface area contributed by atoms with Crippen molar-refractivity contribution in [1.29, 1.82) is 0 Å². The average Bonchev–Trinajstić information content (AvgIpc) is 2.33. The maximum Gasteiger partial charge on any atom is 0.123 e. The number of hydrogen-bond donors (Lipinski definition) is 2. The Labute approximate surface area is 109 Å². The van der Waals surface area contributed by atoms with E-state index >= 15 is 0 Å². The highest BCUT2D eigenvalue weighted by Gasteiger charge is 2.04. The smallest absolute Gasteiger partial charge is 0.123 e. The van der Waals surface area contributed by atoms with Crippen LogP contribution < -0.4 is 15.8 Å². The van der Waals surface area contributed by atoms with Gasteiger partial charge in [-0.05, 0) is 63.0 Å². The second-order valence-corrected chi connectivity index (χ2v) is 4.58. The Kier molecular flexibility index (Phi) is 6.68. The molecule has 0 aromatic heterocycles. The molecule has 0 bridgehead atoms. The van der Waals surface area contributed by atoms with Crippen molar-refractivity contribution in [2.75, 3.05) is 20.2 Å². The van der Waals surface area contributed by atoms with Gasteiger partial charge in [0.2, 0.25) is 0 Å². The summed E-state index contributed by atoms with van der Waals surface area (Å²) in [6.45, 7) is 3.77. The molecule has 1 atom stereocenters. The molecule has 0 saturated carbocycles. The number of halogens is 1. The molecule has 0 radical (unpaired) electrons. The minimum Gasteiger partial charge on any atom is -0.496 e. The Bertz CT molecular complexity index is 356. The summed E-state index contributed by atoms with van der Waals surface area (Å²) in [5.74, 6) is 0.525. The van der Waals surface area contributed by atoms with Crippen LogP contribution in [-0.4, -0.2) is 26.2 Å². The molecule has 0 heterocycles. The normalized spacial score (nSPS) is 12.4. The van der Waals surface area contributed by atoms with Crippen LogP contribution in [0.3, 0.4) is 0 Å². The third kappa shape index (κ3) is 5.47. The SMILES string of the molecule is COc1ccc(F)cc1CCNCCCC(C)N. The fraction of sp³-hybridized carbons (Fsp3) is 0.571. The number of benzene rings is 1. The number of hydrogen-bond acceptors (Lipinski definition) is 3. The molecule has 0 aliphatic carbocycles. The van der Waals surface area contributed by atoms with E-state index in [4.69, 9.17) is 10.5 Å². The highest BCUT2D eigenvalue weighted by Crippen LogP contribution is 2.19. The maximum absolute atomic E-state index is 13.1. The van der Waals surface area contributed by atoms with E-state index in [0.717, 1.165) is 43.7 Å². The zero-order valence-electron chi connectivity index (χ0n) is 11.2. The quantitative estimate of drug-likeness (QED) is 0.698. The topological polar surface area (TPSA) is 47.3 Å². The fourth-order valence-corrected chi connectivity index (χ4v) is 1.84. The van der Waals surface area contributed by atoms with E-state index < -0.39 is 0 Å². The number of ether oxygens (including phenoxy) is 1. The Morgan fingerprint density at radius 1 is 1.39 bits per heavy atom. The number of nitrogens with two attached hydrogens (primary N) is 1. The Morgan fingerprint density at radius 3 is 2.83 bits per heavy atom. The first kappa shape index (κ1) is 14.9. The molecule has 18 heavy (non-hydrogen) atoms. The van der Waals surface area contributed by atoms with Gasteiger partial charge in [0.25, 0.3) is 0 Å². The molecule has 1 aromatic rings. The summed E-state index contributed by atoms with van der Waals surface area (Å²) in [4.78, 5) is 0. The molecular formula is C14H23FN2O. The lowest BCUT2D eigenvalue weighted by Gasteiger charge is -2.10. The van der Waals surface area contributed by atoms with Gasteiger partial charge in [-0.2, -0.15) is 0 Å². The summed E-state index contributed by atoms with van der Waals surface area (Å²) in [7, 11) is 1.60. The summed E-state index contributed by atoms with van der Waals surface area (Å²) in [5.41, 5.74) is 6.57. The molecule has 3 N–H and O–H groups in total. The lowest BCUT2D eigenvalue weighted by Crippen LogP contribution is -2.22. The monoisotopic (exact) mass is 254 g/mol. The van der Waals surface area contributed by atoms with Crippen LogP contribution in [0, 0.1) is 5.82 Å². The van der Waals surface area contributed by atoms with Crippen LogP contribution in [0.25, 0.3) is 0 Å². The fourth-order valence-electron chi connectivity index (χ4n) is 1.84. The van der Waals surface area contributed by atoms with Crippen molar-refractivity contribution >= 4 is 0 Å². The van der Waals surface area contributed by atoms with Crippen molar-refractivity contribution < 1.29 is 9.13 Å². The van der Waals surface area contributed by atoms with Crippen LogP contribution in [0.4, 0.5) is 4.39 Å². The van der Waals surface area contributed by atoms with Crippen LogP contribution in [0.2, 0.25) is 0 Å². The predicted octanol–water partition coefficient (Wildman–Crippen LogP) is 2.09. The van der Waals surface area contributed by atoms with Crippen LogP contribution in [0.1, 0.15) is 25.3 Å². The summed E-state index contributed by atoms with van der Waals surface area (Å²) in [5, 5.41) is 3.33. The number of rotatable bonds is 8. The minimum absolute atomic E-state index is 0.220. The van der Waals surface area contributed by atoms with Crippen molar-refractivity contribution in [1.82, 2.24) is 5.32 Å². The summed E-state index contributed by atoms with van der Waals surface area (Å²) in [6, 6.07) is 4.87. The molecule has 0 fully saturated rings. The molecule has 0 spiro atoms. The molecule has 0 amide bonds. The molecule has 3 nitrogen and oxygen atoms in total. The van der Waals surface area contributed by atoms with Gasteiger partial charge in [-0.25, -0.2) is 4.39 Å². The van der Waals surface area contributed by atoms with Gasteiger partial charge < -0.3 is 15.8 Å². The van der Waals surface area contributed by atoms with Gasteiger partial charge in [0.15, 0.2) is 0 Å². The highest BCUT2D eigenvalue weighted by molar-refractivity contribution is 5.34. The number of nitrogens with one attached hydrogen (secondary N) is 1. The lowest BCUT2D eigenvalue weighted by molar-refractivity contribution is 0.407. The van der Waals surface area contributed by atoms with Gasteiger partial charge in [0, 0.05) is 6.04 Å². The zero-order valence-corrected chi connectivity index (χ0v) is 11.2. The van der Waals surface area contributed by atoms with Gasteiger partial charge in [-0.15, -0.1) is 0 Å². The largest absolute Gasteiger partial charge is 0.496 e. The van der Waals surface area contributed by atoms with Gasteiger partial charge in [0.1, 0.15) is 11.6 Å².